The summed E-state index contributed by atoms with van der Waals surface area (Å²) in [6, 6.07) is 7.48. The largest absolute Gasteiger partial charge is 0.334 e. The maximum atomic E-state index is 12.8. The van der Waals surface area contributed by atoms with Crippen molar-refractivity contribution in [1.29, 1.82) is 0 Å². The number of hydrogen-bond acceptors (Lipinski definition) is 6. The zero-order valence-corrected chi connectivity index (χ0v) is 14.5. The Morgan fingerprint density at radius 2 is 2.12 bits per heavy atom. The van der Waals surface area contributed by atoms with Gasteiger partial charge < -0.3 is 10.2 Å². The molecule has 1 aliphatic heterocycles. The third-order valence-corrected chi connectivity index (χ3v) is 4.27. The number of para-hydroxylation sites is 2. The number of carbonyl (C=O) groups is 1. The highest BCUT2D eigenvalue weighted by Crippen LogP contribution is 2.22. The molecule has 3 rings (SSSR count). The fraction of sp³-hybridized carbons (Fsp3) is 0.353. The van der Waals surface area contributed by atoms with Gasteiger partial charge in [-0.2, -0.15) is 5.10 Å². The summed E-state index contributed by atoms with van der Waals surface area (Å²) in [7, 11) is 0. The van der Waals surface area contributed by atoms with Crippen LogP contribution in [0.15, 0.2) is 35.1 Å². The summed E-state index contributed by atoms with van der Waals surface area (Å²) >= 11 is 0. The van der Waals surface area contributed by atoms with E-state index in [2.05, 4.69) is 10.4 Å². The van der Waals surface area contributed by atoms with Gasteiger partial charge in [-0.1, -0.05) is 12.1 Å². The van der Waals surface area contributed by atoms with Gasteiger partial charge in [0.05, 0.1) is 4.92 Å². The molecule has 1 aromatic carbocycles. The van der Waals surface area contributed by atoms with E-state index in [4.69, 9.17) is 0 Å². The number of nitrogens with zero attached hydrogens (tertiary/aromatic N) is 4. The van der Waals surface area contributed by atoms with Gasteiger partial charge in [-0.05, 0) is 19.9 Å². The number of carbonyl (C=O) groups excluding carboxylic acids is 1. The number of nitro groups is 1. The Balaban J connectivity index is 2.07. The number of aryl methyl sites for hydroxylation is 1. The number of aromatic nitrogens is 2. The van der Waals surface area contributed by atoms with E-state index in [0.717, 1.165) is 0 Å². The van der Waals surface area contributed by atoms with Crippen molar-refractivity contribution in [1.82, 2.24) is 20.0 Å². The Bertz CT molecular complexity index is 924. The lowest BCUT2D eigenvalue weighted by Crippen LogP contribution is -2.52. The lowest BCUT2D eigenvalue weighted by Gasteiger charge is -2.31. The molecule has 0 radical (unpaired) electrons. The van der Waals surface area contributed by atoms with Gasteiger partial charge in [0.1, 0.15) is 5.69 Å². The maximum absolute atomic E-state index is 12.8. The van der Waals surface area contributed by atoms with E-state index in [-0.39, 0.29) is 23.1 Å². The molecule has 1 amide bonds. The molecule has 1 saturated heterocycles. The standard InChI is InChI=1S/C17H19N5O4/c1-11-10-20(8-7-18-11)17(24)16-15(23)9-12(2)21(19-16)13-5-3-4-6-14(13)22(25)26/h3-6,9,11,18H,7-8,10H2,1-2H3. The van der Waals surface area contributed by atoms with Crippen LogP contribution in [0.2, 0.25) is 0 Å². The first-order valence-electron chi connectivity index (χ1n) is 8.26. The SMILES string of the molecule is Cc1cc(=O)c(C(=O)N2CCNC(C)C2)nn1-c1ccccc1[N+](=O)[O-]. The van der Waals surface area contributed by atoms with E-state index in [1.165, 1.54) is 22.9 Å². The predicted molar refractivity (Wildman–Crippen MR) is 94.6 cm³/mol. The second-order valence-corrected chi connectivity index (χ2v) is 6.26. The number of nitro benzene ring substituents is 1. The number of rotatable bonds is 3. The Labute approximate surface area is 149 Å². The quantitative estimate of drug-likeness (QED) is 0.645. The minimum absolute atomic E-state index is 0.121. The summed E-state index contributed by atoms with van der Waals surface area (Å²) < 4.78 is 1.28. The molecule has 0 spiro atoms. The van der Waals surface area contributed by atoms with Gasteiger partial charge in [0.25, 0.3) is 11.6 Å². The summed E-state index contributed by atoms with van der Waals surface area (Å²) in [4.78, 5) is 37.5. The molecule has 1 unspecified atom stereocenters. The fourth-order valence-corrected chi connectivity index (χ4v) is 3.00. The average Bonchev–Trinajstić information content (AvgIpc) is 2.61. The summed E-state index contributed by atoms with van der Waals surface area (Å²) in [6.45, 7) is 5.15. The second-order valence-electron chi connectivity index (χ2n) is 6.26. The number of amides is 1. The van der Waals surface area contributed by atoms with Crippen LogP contribution >= 0.6 is 0 Å². The zero-order valence-electron chi connectivity index (χ0n) is 14.5. The number of piperazine rings is 1. The predicted octanol–water partition coefficient (Wildman–Crippen LogP) is 0.883. The molecule has 0 saturated carbocycles. The van der Waals surface area contributed by atoms with E-state index < -0.39 is 16.3 Å². The molecular weight excluding hydrogens is 338 g/mol. The summed E-state index contributed by atoms with van der Waals surface area (Å²) in [6.07, 6.45) is 0. The summed E-state index contributed by atoms with van der Waals surface area (Å²) in [5, 5.41) is 18.7. The fourth-order valence-electron chi connectivity index (χ4n) is 3.00. The van der Waals surface area contributed by atoms with Crippen molar-refractivity contribution in [3.05, 3.63) is 62.1 Å². The van der Waals surface area contributed by atoms with Crippen molar-refractivity contribution in [2.24, 2.45) is 0 Å². The molecule has 1 N–H and O–H groups in total. The molecule has 1 fully saturated rings. The first kappa shape index (κ1) is 17.7. The molecule has 136 valence electrons. The van der Waals surface area contributed by atoms with Gasteiger partial charge in [-0.15, -0.1) is 0 Å². The van der Waals surface area contributed by atoms with Crippen LogP contribution in [0.5, 0.6) is 0 Å². The van der Waals surface area contributed by atoms with E-state index in [9.17, 15) is 19.7 Å². The Hall–Kier alpha value is -3.07. The number of benzene rings is 1. The van der Waals surface area contributed by atoms with Crippen LogP contribution in [0, 0.1) is 17.0 Å². The van der Waals surface area contributed by atoms with E-state index in [1.807, 2.05) is 6.92 Å². The average molecular weight is 357 g/mol. The minimum atomic E-state index is -0.520. The normalized spacial score (nSPS) is 17.2. The summed E-state index contributed by atoms with van der Waals surface area (Å²) in [5.74, 6) is -0.462. The number of hydrogen-bond donors (Lipinski definition) is 1. The molecule has 1 aliphatic rings. The van der Waals surface area contributed by atoms with Crippen molar-refractivity contribution >= 4 is 11.6 Å². The molecule has 1 aromatic heterocycles. The highest BCUT2D eigenvalue weighted by Gasteiger charge is 2.26. The molecule has 0 bridgehead atoms. The van der Waals surface area contributed by atoms with Crippen LogP contribution in [0.25, 0.3) is 5.69 Å². The second kappa shape index (κ2) is 7.04. The van der Waals surface area contributed by atoms with E-state index in [1.54, 1.807) is 24.0 Å². The first-order valence-corrected chi connectivity index (χ1v) is 8.26. The molecule has 9 nitrogen and oxygen atoms in total. The van der Waals surface area contributed by atoms with Gasteiger partial charge in [0.15, 0.2) is 5.69 Å². The molecule has 2 aromatic rings. The van der Waals surface area contributed by atoms with Crippen molar-refractivity contribution in [3.63, 3.8) is 0 Å². The molecule has 26 heavy (non-hydrogen) atoms. The highest BCUT2D eigenvalue weighted by molar-refractivity contribution is 5.92. The Morgan fingerprint density at radius 3 is 2.81 bits per heavy atom. The van der Waals surface area contributed by atoms with Crippen LogP contribution in [0.3, 0.4) is 0 Å². The minimum Gasteiger partial charge on any atom is -0.334 e. The third-order valence-electron chi connectivity index (χ3n) is 4.27. The Kier molecular flexibility index (Phi) is 4.81. The highest BCUT2D eigenvalue weighted by atomic mass is 16.6. The van der Waals surface area contributed by atoms with Crippen LogP contribution in [-0.2, 0) is 0 Å². The lowest BCUT2D eigenvalue weighted by atomic mass is 10.2. The topological polar surface area (TPSA) is 110 Å². The van der Waals surface area contributed by atoms with E-state index in [0.29, 0.717) is 25.3 Å². The Morgan fingerprint density at radius 1 is 1.38 bits per heavy atom. The van der Waals surface area contributed by atoms with Gasteiger partial charge in [-0.25, -0.2) is 4.68 Å². The third kappa shape index (κ3) is 3.33. The van der Waals surface area contributed by atoms with Crippen LogP contribution in [0.4, 0.5) is 5.69 Å². The van der Waals surface area contributed by atoms with Gasteiger partial charge in [0, 0.05) is 43.5 Å². The van der Waals surface area contributed by atoms with Gasteiger partial charge in [-0.3, -0.25) is 19.7 Å². The van der Waals surface area contributed by atoms with Gasteiger partial charge >= 0.3 is 0 Å². The molecular formula is C17H19N5O4. The first-order chi connectivity index (χ1) is 12.4. The maximum Gasteiger partial charge on any atom is 0.294 e. The van der Waals surface area contributed by atoms with Crippen molar-refractivity contribution in [2.75, 3.05) is 19.6 Å². The zero-order chi connectivity index (χ0) is 18.8. The van der Waals surface area contributed by atoms with Crippen LogP contribution in [0.1, 0.15) is 23.1 Å². The summed E-state index contributed by atoms with van der Waals surface area (Å²) in [5.41, 5.74) is -0.260. The number of nitrogens with one attached hydrogen (secondary N) is 1. The molecule has 2 heterocycles. The van der Waals surface area contributed by atoms with Crippen molar-refractivity contribution < 1.29 is 9.72 Å². The van der Waals surface area contributed by atoms with E-state index >= 15 is 0 Å². The van der Waals surface area contributed by atoms with Crippen molar-refractivity contribution in [2.45, 2.75) is 19.9 Å². The van der Waals surface area contributed by atoms with Crippen LogP contribution in [-0.4, -0.2) is 51.2 Å². The monoisotopic (exact) mass is 357 g/mol. The smallest absolute Gasteiger partial charge is 0.294 e. The molecule has 0 aliphatic carbocycles. The van der Waals surface area contributed by atoms with Crippen LogP contribution < -0.4 is 10.7 Å². The van der Waals surface area contributed by atoms with Crippen molar-refractivity contribution in [3.8, 4) is 5.69 Å². The molecule has 9 heteroatoms. The lowest BCUT2D eigenvalue weighted by molar-refractivity contribution is -0.384. The molecule has 1 atom stereocenters. The van der Waals surface area contributed by atoms with Gasteiger partial charge in [0.2, 0.25) is 5.43 Å².